The van der Waals surface area contributed by atoms with E-state index in [0.29, 0.717) is 12.2 Å². The number of rotatable bonds is 2. The third kappa shape index (κ3) is 3.05. The van der Waals surface area contributed by atoms with E-state index in [-0.39, 0.29) is 0 Å². The number of hydrogen-bond acceptors (Lipinski definition) is 1. The van der Waals surface area contributed by atoms with Gasteiger partial charge in [0.1, 0.15) is 5.78 Å². The van der Waals surface area contributed by atoms with Gasteiger partial charge in [-0.25, -0.2) is 0 Å². The number of hydrogen-bond donors (Lipinski definition) is 0. The molecule has 1 aliphatic rings. The lowest BCUT2D eigenvalue weighted by Gasteiger charge is -2.04. The number of ketones is 1. The third-order valence-corrected chi connectivity index (χ3v) is 2.79. The maximum absolute atomic E-state index is 11.4. The summed E-state index contributed by atoms with van der Waals surface area (Å²) in [5, 5.41) is 0. The van der Waals surface area contributed by atoms with Crippen LogP contribution in [0.25, 0.3) is 0 Å². The second-order valence-electron chi connectivity index (χ2n) is 4.13. The summed E-state index contributed by atoms with van der Waals surface area (Å²) in [6, 6.07) is 10.4. The summed E-state index contributed by atoms with van der Waals surface area (Å²) < 4.78 is 0. The second-order valence-corrected chi connectivity index (χ2v) is 4.13. The van der Waals surface area contributed by atoms with E-state index in [9.17, 15) is 4.79 Å². The van der Waals surface area contributed by atoms with Crippen LogP contribution in [0.4, 0.5) is 0 Å². The summed E-state index contributed by atoms with van der Waals surface area (Å²) in [5.41, 5.74) is 2.60. The zero-order valence-corrected chi connectivity index (χ0v) is 8.91. The molecule has 0 spiro atoms. The first-order chi connectivity index (χ1) is 7.34. The molecule has 1 aromatic rings. The molecule has 0 unspecified atom stereocenters. The van der Waals surface area contributed by atoms with Crippen molar-refractivity contribution in [1.82, 2.24) is 0 Å². The Balaban J connectivity index is 2.05. The Morgan fingerprint density at radius 2 is 1.93 bits per heavy atom. The second kappa shape index (κ2) is 4.92. The zero-order valence-electron chi connectivity index (χ0n) is 8.91. The normalized spacial score (nSPS) is 17.1. The Hall–Kier alpha value is -1.37. The average molecular weight is 200 g/mol. The van der Waals surface area contributed by atoms with Crippen molar-refractivity contribution in [2.75, 3.05) is 0 Å². The van der Waals surface area contributed by atoms with Gasteiger partial charge in [-0.2, -0.15) is 0 Å². The van der Waals surface area contributed by atoms with Gasteiger partial charge in [-0.05, 0) is 24.8 Å². The summed E-state index contributed by atoms with van der Waals surface area (Å²) in [4.78, 5) is 11.4. The molecule has 1 aliphatic carbocycles. The van der Waals surface area contributed by atoms with Crippen LogP contribution in [0.15, 0.2) is 42.0 Å². The van der Waals surface area contributed by atoms with E-state index in [1.54, 1.807) is 0 Å². The minimum Gasteiger partial charge on any atom is -0.299 e. The Labute approximate surface area is 90.8 Å². The Kier molecular flexibility index (Phi) is 3.33. The fourth-order valence-electron chi connectivity index (χ4n) is 2.01. The van der Waals surface area contributed by atoms with Crippen molar-refractivity contribution in [2.24, 2.45) is 0 Å². The summed E-state index contributed by atoms with van der Waals surface area (Å²) in [5.74, 6) is 0.398. The summed E-state index contributed by atoms with van der Waals surface area (Å²) in [6.07, 6.45) is 6.69. The molecule has 0 amide bonds. The van der Waals surface area contributed by atoms with E-state index in [1.807, 2.05) is 6.07 Å². The van der Waals surface area contributed by atoms with Gasteiger partial charge in [-0.1, -0.05) is 42.0 Å². The van der Waals surface area contributed by atoms with Crippen molar-refractivity contribution in [3.05, 3.63) is 47.5 Å². The quantitative estimate of drug-likeness (QED) is 0.669. The molecule has 78 valence electrons. The van der Waals surface area contributed by atoms with E-state index >= 15 is 0 Å². The minimum absolute atomic E-state index is 0.398. The zero-order chi connectivity index (χ0) is 10.5. The molecule has 0 bridgehead atoms. The van der Waals surface area contributed by atoms with Crippen LogP contribution < -0.4 is 0 Å². The van der Waals surface area contributed by atoms with E-state index < -0.39 is 0 Å². The molecule has 0 atom stereocenters. The standard InChI is InChI=1S/C14H16O/c15-14-9-5-4-8-13(11-14)10-12-6-2-1-3-7-12/h1-3,6-8H,4-5,9-11H2. The van der Waals surface area contributed by atoms with Crippen molar-refractivity contribution < 1.29 is 4.79 Å². The van der Waals surface area contributed by atoms with Crippen molar-refractivity contribution in [2.45, 2.75) is 32.1 Å². The summed E-state index contributed by atoms with van der Waals surface area (Å²) in [6.45, 7) is 0. The van der Waals surface area contributed by atoms with Gasteiger partial charge in [0.15, 0.2) is 0 Å². The van der Waals surface area contributed by atoms with Gasteiger partial charge in [0.2, 0.25) is 0 Å². The largest absolute Gasteiger partial charge is 0.299 e. The van der Waals surface area contributed by atoms with Crippen molar-refractivity contribution >= 4 is 5.78 Å². The molecular weight excluding hydrogens is 184 g/mol. The smallest absolute Gasteiger partial charge is 0.136 e. The molecule has 1 nitrogen and oxygen atoms in total. The van der Waals surface area contributed by atoms with E-state index in [2.05, 4.69) is 30.3 Å². The van der Waals surface area contributed by atoms with Gasteiger partial charge in [0.05, 0.1) is 0 Å². The van der Waals surface area contributed by atoms with Crippen LogP contribution in [-0.2, 0) is 11.2 Å². The summed E-state index contributed by atoms with van der Waals surface area (Å²) >= 11 is 0. The van der Waals surface area contributed by atoms with E-state index in [0.717, 1.165) is 25.7 Å². The molecule has 0 fully saturated rings. The maximum Gasteiger partial charge on any atom is 0.136 e. The lowest BCUT2D eigenvalue weighted by molar-refractivity contribution is -0.118. The number of allylic oxidation sites excluding steroid dienone is 2. The SMILES string of the molecule is O=C1CCCC=C(Cc2ccccc2)C1. The monoisotopic (exact) mass is 200 g/mol. The van der Waals surface area contributed by atoms with Gasteiger partial charge in [0.25, 0.3) is 0 Å². The van der Waals surface area contributed by atoms with Gasteiger partial charge < -0.3 is 0 Å². The maximum atomic E-state index is 11.4. The highest BCUT2D eigenvalue weighted by Crippen LogP contribution is 2.18. The lowest BCUT2D eigenvalue weighted by Crippen LogP contribution is -1.99. The van der Waals surface area contributed by atoms with Crippen LogP contribution in [-0.4, -0.2) is 5.78 Å². The molecule has 1 aromatic carbocycles. The predicted octanol–water partition coefficient (Wildman–Crippen LogP) is 3.30. The van der Waals surface area contributed by atoms with Crippen LogP contribution >= 0.6 is 0 Å². The van der Waals surface area contributed by atoms with Gasteiger partial charge >= 0.3 is 0 Å². The summed E-state index contributed by atoms with van der Waals surface area (Å²) in [7, 11) is 0. The van der Waals surface area contributed by atoms with Crippen molar-refractivity contribution in [3.8, 4) is 0 Å². The molecule has 2 rings (SSSR count). The Bertz CT molecular complexity index is 362. The van der Waals surface area contributed by atoms with Crippen LogP contribution in [0.2, 0.25) is 0 Å². The highest BCUT2D eigenvalue weighted by Gasteiger charge is 2.10. The Morgan fingerprint density at radius 1 is 1.13 bits per heavy atom. The number of Topliss-reactive ketones (excluding diaryl/α,β-unsaturated/α-hetero) is 1. The molecule has 0 aliphatic heterocycles. The van der Waals surface area contributed by atoms with Crippen LogP contribution in [0, 0.1) is 0 Å². The van der Waals surface area contributed by atoms with E-state index in [4.69, 9.17) is 0 Å². The number of carbonyl (C=O) groups is 1. The van der Waals surface area contributed by atoms with Crippen LogP contribution in [0.5, 0.6) is 0 Å². The molecule has 0 heterocycles. The first-order valence-corrected chi connectivity index (χ1v) is 5.58. The van der Waals surface area contributed by atoms with Crippen LogP contribution in [0.1, 0.15) is 31.2 Å². The van der Waals surface area contributed by atoms with Gasteiger partial charge in [-0.3, -0.25) is 4.79 Å². The highest BCUT2D eigenvalue weighted by molar-refractivity contribution is 5.81. The first kappa shape index (κ1) is 10.2. The molecule has 1 heteroatoms. The van der Waals surface area contributed by atoms with Crippen LogP contribution in [0.3, 0.4) is 0 Å². The number of benzene rings is 1. The van der Waals surface area contributed by atoms with Gasteiger partial charge in [-0.15, -0.1) is 0 Å². The van der Waals surface area contributed by atoms with Crippen molar-refractivity contribution in [1.29, 1.82) is 0 Å². The predicted molar refractivity (Wildman–Crippen MR) is 61.7 cm³/mol. The molecule has 15 heavy (non-hydrogen) atoms. The first-order valence-electron chi connectivity index (χ1n) is 5.58. The minimum atomic E-state index is 0.398. The van der Waals surface area contributed by atoms with Crippen molar-refractivity contribution in [3.63, 3.8) is 0 Å². The molecule has 0 saturated heterocycles. The molecule has 0 aromatic heterocycles. The molecule has 0 N–H and O–H groups in total. The number of carbonyl (C=O) groups excluding carboxylic acids is 1. The highest BCUT2D eigenvalue weighted by atomic mass is 16.1. The fraction of sp³-hybridized carbons (Fsp3) is 0.357. The molecular formula is C14H16O. The Morgan fingerprint density at radius 3 is 2.73 bits per heavy atom. The van der Waals surface area contributed by atoms with E-state index in [1.165, 1.54) is 11.1 Å². The fourth-order valence-corrected chi connectivity index (χ4v) is 2.01. The van der Waals surface area contributed by atoms with Gasteiger partial charge in [0, 0.05) is 12.8 Å². The average Bonchev–Trinajstić information content (AvgIpc) is 2.44. The topological polar surface area (TPSA) is 17.1 Å². The third-order valence-electron chi connectivity index (χ3n) is 2.79. The molecule has 0 saturated carbocycles. The lowest BCUT2D eigenvalue weighted by atomic mass is 10.0. The molecule has 0 radical (unpaired) electrons.